The molecule has 1 aromatic carbocycles. The van der Waals surface area contributed by atoms with E-state index >= 15 is 0 Å². The smallest absolute Gasteiger partial charge is 0.0526 e. The van der Waals surface area contributed by atoms with Crippen molar-refractivity contribution in [3.05, 3.63) is 35.5 Å². The zero-order chi connectivity index (χ0) is 10.1. The lowest BCUT2D eigenvalue weighted by atomic mass is 10.1. The second-order valence-electron chi connectivity index (χ2n) is 3.49. The third-order valence-corrected chi connectivity index (χ3v) is 2.61. The Labute approximate surface area is 83.3 Å². The van der Waals surface area contributed by atoms with Crippen LogP contribution in [-0.2, 0) is 20.1 Å². The van der Waals surface area contributed by atoms with Gasteiger partial charge >= 0.3 is 0 Å². The van der Waals surface area contributed by atoms with Gasteiger partial charge in [-0.05, 0) is 11.1 Å². The summed E-state index contributed by atoms with van der Waals surface area (Å²) in [4.78, 5) is 0. The number of nitrogens with zero attached hydrogens (tertiary/aromatic N) is 1. The van der Waals surface area contributed by atoms with E-state index in [-0.39, 0.29) is 0 Å². The summed E-state index contributed by atoms with van der Waals surface area (Å²) in [5.41, 5.74) is 14.9. The minimum Gasteiger partial charge on any atom is -0.350 e. The summed E-state index contributed by atoms with van der Waals surface area (Å²) >= 11 is 0. The molecule has 0 atom stereocenters. The molecule has 0 aliphatic rings. The Hall–Kier alpha value is -1.32. The van der Waals surface area contributed by atoms with Crippen LogP contribution in [0.2, 0.25) is 0 Å². The number of hydrogen-bond donors (Lipinski definition) is 2. The summed E-state index contributed by atoms with van der Waals surface area (Å²) < 4.78 is 2.10. The molecule has 0 amide bonds. The zero-order valence-electron chi connectivity index (χ0n) is 8.33. The van der Waals surface area contributed by atoms with Crippen molar-refractivity contribution in [3.8, 4) is 0 Å². The van der Waals surface area contributed by atoms with E-state index in [0.717, 1.165) is 0 Å². The van der Waals surface area contributed by atoms with Gasteiger partial charge in [-0.2, -0.15) is 0 Å². The Morgan fingerprint density at radius 1 is 1.14 bits per heavy atom. The summed E-state index contributed by atoms with van der Waals surface area (Å²) in [7, 11) is 2.03. The summed E-state index contributed by atoms with van der Waals surface area (Å²) in [6, 6.07) is 6.18. The Bertz CT molecular complexity index is 457. The molecule has 1 heterocycles. The van der Waals surface area contributed by atoms with E-state index < -0.39 is 0 Å². The minimum atomic E-state index is 0.569. The highest BCUT2D eigenvalue weighted by Gasteiger charge is 2.07. The van der Waals surface area contributed by atoms with E-state index in [2.05, 4.69) is 22.9 Å². The molecule has 2 aromatic rings. The molecule has 0 saturated heterocycles. The van der Waals surface area contributed by atoms with Crippen molar-refractivity contribution in [2.45, 2.75) is 13.1 Å². The Morgan fingerprint density at radius 2 is 1.86 bits per heavy atom. The first-order valence-electron chi connectivity index (χ1n) is 4.74. The first kappa shape index (κ1) is 9.24. The number of rotatable bonds is 2. The molecular formula is C11H15N3. The standard InChI is InChI=1S/C11H15N3/c1-14-7-9(6-13)10-4-2-3-8(5-12)11(10)14/h2-4,7H,5-6,12-13H2,1H3. The number of para-hydroxylation sites is 1. The van der Waals surface area contributed by atoms with Crippen molar-refractivity contribution in [1.29, 1.82) is 0 Å². The van der Waals surface area contributed by atoms with Gasteiger partial charge in [-0.3, -0.25) is 0 Å². The van der Waals surface area contributed by atoms with Crippen LogP contribution in [0.1, 0.15) is 11.1 Å². The molecule has 0 aliphatic carbocycles. The van der Waals surface area contributed by atoms with Crippen LogP contribution in [0.3, 0.4) is 0 Å². The average molecular weight is 189 g/mol. The van der Waals surface area contributed by atoms with Crippen LogP contribution < -0.4 is 11.5 Å². The predicted molar refractivity (Wildman–Crippen MR) is 58.7 cm³/mol. The predicted octanol–water partition coefficient (Wildman–Crippen LogP) is 1.10. The molecule has 0 fully saturated rings. The lowest BCUT2D eigenvalue weighted by molar-refractivity contribution is 0.935. The van der Waals surface area contributed by atoms with Gasteiger partial charge in [0.1, 0.15) is 0 Å². The molecule has 0 unspecified atom stereocenters. The van der Waals surface area contributed by atoms with Gasteiger partial charge in [0.25, 0.3) is 0 Å². The second-order valence-corrected chi connectivity index (χ2v) is 3.49. The van der Waals surface area contributed by atoms with Gasteiger partial charge in [-0.25, -0.2) is 0 Å². The fraction of sp³-hybridized carbons (Fsp3) is 0.273. The average Bonchev–Trinajstić information content (AvgIpc) is 2.55. The molecule has 2 rings (SSSR count). The lowest BCUT2D eigenvalue weighted by Gasteiger charge is -2.02. The molecule has 0 saturated carbocycles. The van der Waals surface area contributed by atoms with Gasteiger partial charge < -0.3 is 16.0 Å². The molecule has 0 radical (unpaired) electrons. The van der Waals surface area contributed by atoms with Crippen molar-refractivity contribution < 1.29 is 0 Å². The number of hydrogen-bond acceptors (Lipinski definition) is 2. The van der Waals surface area contributed by atoms with Crippen molar-refractivity contribution >= 4 is 10.9 Å². The Balaban J connectivity index is 2.81. The molecule has 0 bridgehead atoms. The van der Waals surface area contributed by atoms with Gasteiger partial charge in [0.05, 0.1) is 5.52 Å². The van der Waals surface area contributed by atoms with Crippen molar-refractivity contribution in [2.24, 2.45) is 18.5 Å². The maximum Gasteiger partial charge on any atom is 0.0526 e. The molecule has 1 aromatic heterocycles. The van der Waals surface area contributed by atoms with E-state index in [1.165, 1.54) is 22.0 Å². The van der Waals surface area contributed by atoms with Crippen LogP contribution in [0.25, 0.3) is 10.9 Å². The first-order chi connectivity index (χ1) is 6.77. The lowest BCUT2D eigenvalue weighted by Crippen LogP contribution is -1.99. The number of aromatic nitrogens is 1. The summed E-state index contributed by atoms with van der Waals surface area (Å²) in [6.45, 7) is 1.14. The molecular weight excluding hydrogens is 174 g/mol. The van der Waals surface area contributed by atoms with Crippen molar-refractivity contribution in [3.63, 3.8) is 0 Å². The van der Waals surface area contributed by atoms with Crippen LogP contribution in [0.15, 0.2) is 24.4 Å². The number of fused-ring (bicyclic) bond motifs is 1. The molecule has 3 heteroatoms. The monoisotopic (exact) mass is 189 g/mol. The number of aryl methyl sites for hydroxylation is 1. The quantitative estimate of drug-likeness (QED) is 0.743. The highest BCUT2D eigenvalue weighted by atomic mass is 14.9. The zero-order valence-corrected chi connectivity index (χ0v) is 8.33. The van der Waals surface area contributed by atoms with Gasteiger partial charge in [-0.1, -0.05) is 18.2 Å². The normalized spacial score (nSPS) is 11.1. The van der Waals surface area contributed by atoms with Gasteiger partial charge in [-0.15, -0.1) is 0 Å². The second kappa shape index (κ2) is 3.44. The fourth-order valence-corrected chi connectivity index (χ4v) is 1.96. The Kier molecular flexibility index (Phi) is 2.27. The molecule has 14 heavy (non-hydrogen) atoms. The SMILES string of the molecule is Cn1cc(CN)c2cccc(CN)c21. The molecule has 3 nitrogen and oxygen atoms in total. The van der Waals surface area contributed by atoms with Crippen LogP contribution in [0.4, 0.5) is 0 Å². The van der Waals surface area contributed by atoms with Crippen LogP contribution in [0, 0.1) is 0 Å². The van der Waals surface area contributed by atoms with Crippen LogP contribution in [-0.4, -0.2) is 4.57 Å². The molecule has 0 spiro atoms. The van der Waals surface area contributed by atoms with E-state index in [9.17, 15) is 0 Å². The van der Waals surface area contributed by atoms with Gasteiger partial charge in [0.15, 0.2) is 0 Å². The minimum absolute atomic E-state index is 0.569. The summed E-state index contributed by atoms with van der Waals surface area (Å²) in [5, 5.41) is 1.22. The summed E-state index contributed by atoms with van der Waals surface area (Å²) in [6.07, 6.45) is 2.07. The van der Waals surface area contributed by atoms with Crippen molar-refractivity contribution in [2.75, 3.05) is 0 Å². The third kappa shape index (κ3) is 1.22. The molecule has 74 valence electrons. The van der Waals surface area contributed by atoms with Crippen molar-refractivity contribution in [1.82, 2.24) is 4.57 Å². The third-order valence-electron chi connectivity index (χ3n) is 2.61. The molecule has 4 N–H and O–H groups in total. The van der Waals surface area contributed by atoms with E-state index in [4.69, 9.17) is 11.5 Å². The van der Waals surface area contributed by atoms with Gasteiger partial charge in [0, 0.05) is 31.7 Å². The van der Waals surface area contributed by atoms with Gasteiger partial charge in [0.2, 0.25) is 0 Å². The summed E-state index contributed by atoms with van der Waals surface area (Å²) in [5.74, 6) is 0. The maximum atomic E-state index is 5.69. The highest BCUT2D eigenvalue weighted by molar-refractivity contribution is 5.86. The van der Waals surface area contributed by atoms with E-state index in [0.29, 0.717) is 13.1 Å². The number of benzene rings is 1. The van der Waals surface area contributed by atoms with Crippen LogP contribution in [0.5, 0.6) is 0 Å². The van der Waals surface area contributed by atoms with E-state index in [1.807, 2.05) is 13.1 Å². The molecule has 0 aliphatic heterocycles. The van der Waals surface area contributed by atoms with Crippen LogP contribution >= 0.6 is 0 Å². The topological polar surface area (TPSA) is 57.0 Å². The van der Waals surface area contributed by atoms with E-state index in [1.54, 1.807) is 0 Å². The maximum absolute atomic E-state index is 5.69. The fourth-order valence-electron chi connectivity index (χ4n) is 1.96. The Morgan fingerprint density at radius 3 is 2.50 bits per heavy atom. The highest BCUT2D eigenvalue weighted by Crippen LogP contribution is 2.23. The number of nitrogens with two attached hydrogens (primary N) is 2. The largest absolute Gasteiger partial charge is 0.350 e. The first-order valence-corrected chi connectivity index (χ1v) is 4.74.